The highest BCUT2D eigenvalue weighted by Gasteiger charge is 2.29. The lowest BCUT2D eigenvalue weighted by Gasteiger charge is -2.26. The van der Waals surface area contributed by atoms with Crippen LogP contribution in [0.3, 0.4) is 0 Å². The lowest BCUT2D eigenvalue weighted by atomic mass is 10.0. The Bertz CT molecular complexity index is 449. The molecule has 0 bridgehead atoms. The van der Waals surface area contributed by atoms with Crippen LogP contribution in [0.1, 0.15) is 25.3 Å². The number of rotatable bonds is 5. The van der Waals surface area contributed by atoms with Gasteiger partial charge in [0.25, 0.3) is 10.0 Å². The quantitative estimate of drug-likeness (QED) is 0.828. The van der Waals surface area contributed by atoms with Gasteiger partial charge < -0.3 is 5.11 Å². The van der Waals surface area contributed by atoms with E-state index < -0.39 is 15.6 Å². The van der Waals surface area contributed by atoms with Crippen LogP contribution in [0.25, 0.3) is 0 Å². The average Bonchev–Trinajstić information content (AvgIpc) is 2.65. The fourth-order valence-corrected chi connectivity index (χ4v) is 3.63. The molecular weight excluding hydrogens is 248 g/mol. The van der Waals surface area contributed by atoms with Crippen LogP contribution in [-0.4, -0.2) is 30.7 Å². The molecule has 2 N–H and O–H groups in total. The topological polar surface area (TPSA) is 79.3 Å². The van der Waals surface area contributed by atoms with Crippen LogP contribution in [0.2, 0.25) is 0 Å². The molecule has 7 heteroatoms. The highest BCUT2D eigenvalue weighted by molar-refractivity contribution is 7.91. The fraction of sp³-hybridized carbons (Fsp3) is 0.667. The van der Waals surface area contributed by atoms with Gasteiger partial charge in [-0.15, -0.1) is 11.3 Å². The predicted molar refractivity (Wildman–Crippen MR) is 63.0 cm³/mol. The maximum Gasteiger partial charge on any atom is 0.252 e. The Kier molecular flexibility index (Phi) is 4.06. The van der Waals surface area contributed by atoms with E-state index in [1.54, 1.807) is 13.8 Å². The number of hydrogen-bond acceptors (Lipinski definition) is 5. The van der Waals surface area contributed by atoms with E-state index in [9.17, 15) is 8.42 Å². The number of aromatic nitrogens is 1. The molecule has 0 fully saturated rings. The molecular formula is C9H16N2O3S2. The van der Waals surface area contributed by atoms with E-state index >= 15 is 0 Å². The monoisotopic (exact) mass is 264 g/mol. The third kappa shape index (κ3) is 3.00. The molecule has 0 aliphatic heterocycles. The summed E-state index contributed by atoms with van der Waals surface area (Å²) in [7, 11) is -3.58. The highest BCUT2D eigenvalue weighted by atomic mass is 32.2. The zero-order chi connectivity index (χ0) is 12.4. The first-order valence-corrected chi connectivity index (χ1v) is 7.20. The van der Waals surface area contributed by atoms with Crippen LogP contribution in [-0.2, 0) is 10.0 Å². The SMILES string of the molecule is CCC(C)(CO)NS(=O)(=O)c1cnc(C)s1. The van der Waals surface area contributed by atoms with Crippen molar-refractivity contribution in [1.82, 2.24) is 9.71 Å². The maximum atomic E-state index is 11.9. The molecule has 0 radical (unpaired) electrons. The molecule has 1 rings (SSSR count). The van der Waals surface area contributed by atoms with Gasteiger partial charge in [-0.3, -0.25) is 0 Å². The van der Waals surface area contributed by atoms with Crippen LogP contribution in [0, 0.1) is 6.92 Å². The molecule has 0 spiro atoms. The van der Waals surface area contributed by atoms with Crippen molar-refractivity contribution in [1.29, 1.82) is 0 Å². The molecule has 92 valence electrons. The summed E-state index contributed by atoms with van der Waals surface area (Å²) >= 11 is 1.11. The molecule has 1 aromatic rings. The van der Waals surface area contributed by atoms with Crippen molar-refractivity contribution in [3.8, 4) is 0 Å². The Morgan fingerprint density at radius 1 is 1.62 bits per heavy atom. The van der Waals surface area contributed by atoms with Gasteiger partial charge in [0.1, 0.15) is 0 Å². The van der Waals surface area contributed by atoms with Gasteiger partial charge in [-0.2, -0.15) is 0 Å². The molecule has 1 aromatic heterocycles. The van der Waals surface area contributed by atoms with Gasteiger partial charge in [-0.05, 0) is 20.3 Å². The number of hydrogen-bond donors (Lipinski definition) is 2. The minimum Gasteiger partial charge on any atom is -0.394 e. The van der Waals surface area contributed by atoms with Crippen LogP contribution in [0.4, 0.5) is 0 Å². The summed E-state index contributed by atoms with van der Waals surface area (Å²) in [5.74, 6) is 0. The van der Waals surface area contributed by atoms with Gasteiger partial charge in [-0.25, -0.2) is 18.1 Å². The van der Waals surface area contributed by atoms with Crippen molar-refractivity contribution in [2.75, 3.05) is 6.61 Å². The van der Waals surface area contributed by atoms with Crippen molar-refractivity contribution in [3.63, 3.8) is 0 Å². The summed E-state index contributed by atoms with van der Waals surface area (Å²) in [5.41, 5.74) is -0.823. The summed E-state index contributed by atoms with van der Waals surface area (Å²) in [6.45, 7) is 4.99. The smallest absolute Gasteiger partial charge is 0.252 e. The van der Waals surface area contributed by atoms with E-state index in [4.69, 9.17) is 5.11 Å². The molecule has 1 heterocycles. The lowest BCUT2D eigenvalue weighted by molar-refractivity contribution is 0.191. The molecule has 5 nitrogen and oxygen atoms in total. The number of aryl methyl sites for hydroxylation is 1. The Labute approximate surface area is 99.6 Å². The summed E-state index contributed by atoms with van der Waals surface area (Å²) in [5, 5.41) is 9.86. The highest BCUT2D eigenvalue weighted by Crippen LogP contribution is 2.20. The standard InChI is InChI=1S/C9H16N2O3S2/c1-4-9(3,6-12)11-16(13,14)8-5-10-7(2)15-8/h5,11-12H,4,6H2,1-3H3. The van der Waals surface area contributed by atoms with Gasteiger partial charge in [0, 0.05) is 0 Å². The van der Waals surface area contributed by atoms with Gasteiger partial charge in [0.05, 0.1) is 23.4 Å². The van der Waals surface area contributed by atoms with Gasteiger partial charge in [0.2, 0.25) is 0 Å². The second kappa shape index (κ2) is 4.79. The molecule has 16 heavy (non-hydrogen) atoms. The Morgan fingerprint density at radius 3 is 2.62 bits per heavy atom. The zero-order valence-electron chi connectivity index (χ0n) is 9.52. The molecule has 0 saturated heterocycles. The van der Waals surface area contributed by atoms with E-state index in [-0.39, 0.29) is 10.8 Å². The predicted octanol–water partition coefficient (Wildman–Crippen LogP) is 0.891. The van der Waals surface area contributed by atoms with Gasteiger partial charge in [-0.1, -0.05) is 6.92 Å². The lowest BCUT2D eigenvalue weighted by Crippen LogP contribution is -2.48. The molecule has 0 amide bonds. The van der Waals surface area contributed by atoms with E-state index in [1.165, 1.54) is 6.20 Å². The zero-order valence-corrected chi connectivity index (χ0v) is 11.2. The molecule has 1 atom stereocenters. The second-order valence-corrected chi connectivity index (χ2v) is 7.02. The van der Waals surface area contributed by atoms with E-state index in [0.29, 0.717) is 11.4 Å². The first-order valence-electron chi connectivity index (χ1n) is 4.90. The molecule has 0 aliphatic rings. The molecule has 1 unspecified atom stereocenters. The van der Waals surface area contributed by atoms with Gasteiger partial charge in [0.15, 0.2) is 4.21 Å². The third-order valence-corrected chi connectivity index (χ3v) is 5.39. The number of thiazole rings is 1. The average molecular weight is 264 g/mol. The number of nitrogens with zero attached hydrogens (tertiary/aromatic N) is 1. The summed E-state index contributed by atoms with van der Waals surface area (Å²) in [4.78, 5) is 3.90. The fourth-order valence-electron chi connectivity index (χ4n) is 1.06. The van der Waals surface area contributed by atoms with Crippen molar-refractivity contribution in [2.24, 2.45) is 0 Å². The third-order valence-electron chi connectivity index (χ3n) is 2.37. The second-order valence-electron chi connectivity index (χ2n) is 3.88. The van der Waals surface area contributed by atoms with E-state index in [1.807, 2.05) is 6.92 Å². The van der Waals surface area contributed by atoms with Crippen molar-refractivity contribution >= 4 is 21.4 Å². The van der Waals surface area contributed by atoms with Crippen molar-refractivity contribution in [3.05, 3.63) is 11.2 Å². The number of aliphatic hydroxyl groups is 1. The van der Waals surface area contributed by atoms with Crippen LogP contribution in [0.5, 0.6) is 0 Å². The Balaban J connectivity index is 2.96. The number of nitrogens with one attached hydrogen (secondary N) is 1. The normalized spacial score (nSPS) is 16.0. The van der Waals surface area contributed by atoms with E-state index in [2.05, 4.69) is 9.71 Å². The van der Waals surface area contributed by atoms with Crippen LogP contribution in [0.15, 0.2) is 10.4 Å². The minimum absolute atomic E-state index is 0.179. The van der Waals surface area contributed by atoms with Crippen LogP contribution < -0.4 is 4.72 Å². The number of aliphatic hydroxyl groups excluding tert-OH is 1. The Hall–Kier alpha value is -0.500. The molecule has 0 aliphatic carbocycles. The van der Waals surface area contributed by atoms with Gasteiger partial charge >= 0.3 is 0 Å². The molecule has 0 saturated carbocycles. The minimum atomic E-state index is -3.58. The molecule has 0 aromatic carbocycles. The summed E-state index contributed by atoms with van der Waals surface area (Å²) in [6.07, 6.45) is 1.84. The maximum absolute atomic E-state index is 11.9. The van der Waals surface area contributed by atoms with Crippen molar-refractivity contribution in [2.45, 2.75) is 36.9 Å². The van der Waals surface area contributed by atoms with E-state index in [0.717, 1.165) is 11.3 Å². The summed E-state index contributed by atoms with van der Waals surface area (Å²) in [6, 6.07) is 0. The van der Waals surface area contributed by atoms with Crippen molar-refractivity contribution < 1.29 is 13.5 Å². The largest absolute Gasteiger partial charge is 0.394 e. The Morgan fingerprint density at radius 2 is 2.25 bits per heavy atom. The first-order chi connectivity index (χ1) is 7.33. The van der Waals surface area contributed by atoms with Crippen LogP contribution >= 0.6 is 11.3 Å². The summed E-state index contributed by atoms with van der Waals surface area (Å²) < 4.78 is 26.5. The first kappa shape index (κ1) is 13.6. The number of sulfonamides is 1.